The number of thioether (sulfide) groups is 1. The standard InChI is InChI=1S/C18H13FN2O4S/c19-12-5-7-13(8-6-12)20-18-21-17(24)15(26-18)9-11-3-1-2-4-14(11)25-10-16(22)23/h1-9H,10H2,(H,22,23)(H,20,21,24)/b15-9-. The average molecular weight is 372 g/mol. The van der Waals surface area contributed by atoms with Crippen molar-refractivity contribution >= 4 is 40.6 Å². The first-order valence-corrected chi connectivity index (χ1v) is 8.32. The van der Waals surface area contributed by atoms with E-state index in [0.717, 1.165) is 11.8 Å². The van der Waals surface area contributed by atoms with Gasteiger partial charge in [0.15, 0.2) is 11.8 Å². The van der Waals surface area contributed by atoms with Crippen molar-refractivity contribution in [3.05, 3.63) is 64.8 Å². The van der Waals surface area contributed by atoms with Gasteiger partial charge in [-0.25, -0.2) is 14.2 Å². The van der Waals surface area contributed by atoms with E-state index in [0.29, 0.717) is 27.1 Å². The summed E-state index contributed by atoms with van der Waals surface area (Å²) in [4.78, 5) is 27.4. The molecule has 0 radical (unpaired) electrons. The molecule has 3 rings (SSSR count). The van der Waals surface area contributed by atoms with Gasteiger partial charge in [-0.1, -0.05) is 18.2 Å². The van der Waals surface area contributed by atoms with Gasteiger partial charge in [-0.05, 0) is 48.2 Å². The molecule has 0 unspecified atom stereocenters. The van der Waals surface area contributed by atoms with E-state index in [-0.39, 0.29) is 11.7 Å². The van der Waals surface area contributed by atoms with E-state index in [4.69, 9.17) is 9.84 Å². The number of carbonyl (C=O) groups excluding carboxylic acids is 1. The van der Waals surface area contributed by atoms with Crippen molar-refractivity contribution in [1.29, 1.82) is 0 Å². The van der Waals surface area contributed by atoms with E-state index in [1.54, 1.807) is 30.3 Å². The molecule has 1 aliphatic heterocycles. The molecule has 0 saturated carbocycles. The normalized spacial score (nSPS) is 16.7. The molecule has 1 heterocycles. The molecule has 8 heteroatoms. The Hall–Kier alpha value is -3.13. The smallest absolute Gasteiger partial charge is 0.341 e. The molecule has 1 aliphatic rings. The van der Waals surface area contributed by atoms with Gasteiger partial charge in [0.25, 0.3) is 5.91 Å². The maximum atomic E-state index is 12.9. The highest BCUT2D eigenvalue weighted by Crippen LogP contribution is 2.30. The van der Waals surface area contributed by atoms with Crippen molar-refractivity contribution in [3.63, 3.8) is 0 Å². The number of halogens is 1. The van der Waals surface area contributed by atoms with Gasteiger partial charge in [-0.15, -0.1) is 0 Å². The maximum Gasteiger partial charge on any atom is 0.341 e. The summed E-state index contributed by atoms with van der Waals surface area (Å²) in [5.41, 5.74) is 1.09. The summed E-state index contributed by atoms with van der Waals surface area (Å²) < 4.78 is 18.2. The third kappa shape index (κ3) is 4.48. The van der Waals surface area contributed by atoms with Crippen molar-refractivity contribution in [1.82, 2.24) is 5.32 Å². The zero-order chi connectivity index (χ0) is 18.5. The molecule has 0 atom stereocenters. The summed E-state index contributed by atoms with van der Waals surface area (Å²) in [5, 5.41) is 11.7. The number of amides is 1. The van der Waals surface area contributed by atoms with Crippen LogP contribution in [-0.2, 0) is 9.59 Å². The number of ether oxygens (including phenoxy) is 1. The molecule has 132 valence electrons. The Kier molecular flexibility index (Phi) is 5.33. The van der Waals surface area contributed by atoms with Gasteiger partial charge >= 0.3 is 5.97 Å². The summed E-state index contributed by atoms with van der Waals surface area (Å²) in [6.45, 7) is -0.475. The molecule has 1 amide bonds. The topological polar surface area (TPSA) is 88.0 Å². The van der Waals surface area contributed by atoms with Crippen LogP contribution in [0.25, 0.3) is 6.08 Å². The summed E-state index contributed by atoms with van der Waals surface area (Å²) in [6.07, 6.45) is 1.60. The first kappa shape index (κ1) is 17.7. The first-order valence-electron chi connectivity index (χ1n) is 7.50. The Morgan fingerprint density at radius 2 is 1.96 bits per heavy atom. The molecule has 2 N–H and O–H groups in total. The summed E-state index contributed by atoms with van der Waals surface area (Å²) >= 11 is 1.13. The number of carbonyl (C=O) groups is 2. The first-order chi connectivity index (χ1) is 12.5. The number of rotatable bonds is 5. The largest absolute Gasteiger partial charge is 0.481 e. The van der Waals surface area contributed by atoms with Gasteiger partial charge < -0.3 is 15.2 Å². The van der Waals surface area contributed by atoms with E-state index in [9.17, 15) is 14.0 Å². The zero-order valence-electron chi connectivity index (χ0n) is 13.3. The fraction of sp³-hybridized carbons (Fsp3) is 0.0556. The predicted octanol–water partition coefficient (Wildman–Crippen LogP) is 3.18. The van der Waals surface area contributed by atoms with Gasteiger partial charge in [0.1, 0.15) is 11.6 Å². The molecule has 1 saturated heterocycles. The Morgan fingerprint density at radius 3 is 2.69 bits per heavy atom. The number of hydrogen-bond donors (Lipinski definition) is 2. The van der Waals surface area contributed by atoms with Gasteiger partial charge in [0.2, 0.25) is 0 Å². The molecule has 2 aromatic carbocycles. The number of nitrogens with zero attached hydrogens (tertiary/aromatic N) is 1. The minimum atomic E-state index is -1.09. The second-order valence-corrected chi connectivity index (χ2v) is 6.21. The highest BCUT2D eigenvalue weighted by Gasteiger charge is 2.24. The summed E-state index contributed by atoms with van der Waals surface area (Å²) in [7, 11) is 0. The molecular formula is C18H13FN2O4S. The van der Waals surface area contributed by atoms with E-state index >= 15 is 0 Å². The lowest BCUT2D eigenvalue weighted by Gasteiger charge is -2.06. The summed E-state index contributed by atoms with van der Waals surface area (Å²) in [5.74, 6) is -1.42. The molecule has 0 aliphatic carbocycles. The van der Waals surface area contributed by atoms with Crippen LogP contribution in [0.4, 0.5) is 10.1 Å². The Balaban J connectivity index is 1.81. The number of amidine groups is 1. The number of hydrogen-bond acceptors (Lipinski definition) is 5. The monoisotopic (exact) mass is 372 g/mol. The number of para-hydroxylation sites is 1. The van der Waals surface area contributed by atoms with E-state index in [1.165, 1.54) is 24.3 Å². The number of aliphatic imine (C=N–C) groups is 1. The van der Waals surface area contributed by atoms with Crippen LogP contribution in [0.1, 0.15) is 5.56 Å². The van der Waals surface area contributed by atoms with Crippen molar-refractivity contribution in [2.45, 2.75) is 0 Å². The zero-order valence-corrected chi connectivity index (χ0v) is 14.1. The van der Waals surface area contributed by atoms with Crippen molar-refractivity contribution in [2.24, 2.45) is 4.99 Å². The Bertz CT molecular complexity index is 910. The van der Waals surface area contributed by atoms with Crippen LogP contribution < -0.4 is 10.1 Å². The van der Waals surface area contributed by atoms with Gasteiger partial charge in [-0.3, -0.25) is 4.79 Å². The highest BCUT2D eigenvalue weighted by atomic mass is 32.2. The van der Waals surface area contributed by atoms with Gasteiger partial charge in [-0.2, -0.15) is 0 Å². The average Bonchev–Trinajstić information content (AvgIpc) is 2.95. The SMILES string of the molecule is O=C(O)COc1ccccc1/C=C1\SC(=Nc2ccc(F)cc2)NC1=O. The lowest BCUT2D eigenvalue weighted by atomic mass is 10.2. The quantitative estimate of drug-likeness (QED) is 0.787. The number of carboxylic acids is 1. The van der Waals surface area contributed by atoms with Crippen LogP contribution in [0.3, 0.4) is 0 Å². The Morgan fingerprint density at radius 1 is 1.23 bits per heavy atom. The van der Waals surface area contributed by atoms with Crippen molar-refractivity contribution in [2.75, 3.05) is 6.61 Å². The minimum Gasteiger partial charge on any atom is -0.481 e. The van der Waals surface area contributed by atoms with E-state index < -0.39 is 12.6 Å². The fourth-order valence-electron chi connectivity index (χ4n) is 2.13. The molecule has 0 aromatic heterocycles. The van der Waals surface area contributed by atoms with E-state index in [2.05, 4.69) is 10.3 Å². The molecule has 2 aromatic rings. The van der Waals surface area contributed by atoms with Crippen molar-refractivity contribution < 1.29 is 23.8 Å². The second kappa shape index (κ2) is 7.83. The van der Waals surface area contributed by atoms with Crippen LogP contribution in [0.2, 0.25) is 0 Å². The number of benzene rings is 2. The van der Waals surface area contributed by atoms with E-state index in [1.807, 2.05) is 0 Å². The van der Waals surface area contributed by atoms with Crippen LogP contribution >= 0.6 is 11.8 Å². The fourth-order valence-corrected chi connectivity index (χ4v) is 2.96. The summed E-state index contributed by atoms with van der Waals surface area (Å²) in [6, 6.07) is 12.4. The minimum absolute atomic E-state index is 0.330. The third-order valence-corrected chi connectivity index (χ3v) is 4.17. The number of carboxylic acid groups (broad SMARTS) is 1. The third-order valence-electron chi connectivity index (χ3n) is 3.26. The van der Waals surface area contributed by atoms with Gasteiger partial charge in [0, 0.05) is 5.56 Å². The molecule has 1 fully saturated rings. The molecular weight excluding hydrogens is 359 g/mol. The number of nitrogens with one attached hydrogen (secondary N) is 1. The van der Waals surface area contributed by atoms with Crippen LogP contribution in [-0.4, -0.2) is 28.8 Å². The molecule has 6 nitrogen and oxygen atoms in total. The molecule has 0 spiro atoms. The lowest BCUT2D eigenvalue weighted by Crippen LogP contribution is -2.19. The predicted molar refractivity (Wildman–Crippen MR) is 96.8 cm³/mol. The Labute approximate surface area is 152 Å². The van der Waals surface area contributed by atoms with Crippen LogP contribution in [0.5, 0.6) is 5.75 Å². The number of aliphatic carboxylic acids is 1. The lowest BCUT2D eigenvalue weighted by molar-refractivity contribution is -0.139. The maximum absolute atomic E-state index is 12.9. The second-order valence-electron chi connectivity index (χ2n) is 5.18. The van der Waals surface area contributed by atoms with Crippen LogP contribution in [0, 0.1) is 5.82 Å². The van der Waals surface area contributed by atoms with Gasteiger partial charge in [0.05, 0.1) is 10.6 Å². The van der Waals surface area contributed by atoms with Crippen molar-refractivity contribution in [3.8, 4) is 5.75 Å². The molecule has 0 bridgehead atoms. The molecule has 26 heavy (non-hydrogen) atoms. The highest BCUT2D eigenvalue weighted by molar-refractivity contribution is 8.18. The van der Waals surface area contributed by atoms with Crippen LogP contribution in [0.15, 0.2) is 58.4 Å².